The number of nitrogens with zero attached hydrogens (tertiary/aromatic N) is 3. The van der Waals surface area contributed by atoms with Gasteiger partial charge in [-0.2, -0.15) is 5.26 Å². The first kappa shape index (κ1) is 14.9. The maximum absolute atomic E-state index is 9.66. The van der Waals surface area contributed by atoms with Crippen LogP contribution in [0.15, 0.2) is 48.0 Å². The Hall–Kier alpha value is -2.68. The molecule has 7 heteroatoms. The number of halogens is 2. The van der Waals surface area contributed by atoms with E-state index in [0.29, 0.717) is 33.0 Å². The maximum atomic E-state index is 9.66. The van der Waals surface area contributed by atoms with Gasteiger partial charge in [-0.1, -0.05) is 41.4 Å². The van der Waals surface area contributed by atoms with Gasteiger partial charge < -0.3 is 11.1 Å². The van der Waals surface area contributed by atoms with E-state index in [2.05, 4.69) is 16.4 Å². The first-order valence-corrected chi connectivity index (χ1v) is 7.95. The summed E-state index contributed by atoms with van der Waals surface area (Å²) in [5.74, 6) is 0.870. The summed E-state index contributed by atoms with van der Waals surface area (Å²) in [5.41, 5.74) is 8.86. The van der Waals surface area contributed by atoms with E-state index in [9.17, 15) is 5.26 Å². The highest BCUT2D eigenvalue weighted by Gasteiger charge is 2.31. The van der Waals surface area contributed by atoms with Crippen molar-refractivity contribution in [2.75, 3.05) is 5.32 Å². The fourth-order valence-corrected chi connectivity index (χ4v) is 3.58. The van der Waals surface area contributed by atoms with Crippen LogP contribution in [0.25, 0.3) is 16.9 Å². The summed E-state index contributed by atoms with van der Waals surface area (Å²) in [5, 5.41) is 13.8. The van der Waals surface area contributed by atoms with Crippen molar-refractivity contribution in [2.24, 2.45) is 5.73 Å². The summed E-state index contributed by atoms with van der Waals surface area (Å²) >= 11 is 12.6. The number of fused-ring (bicyclic) bond motifs is 3. The fourth-order valence-electron chi connectivity index (χ4n) is 2.96. The molecule has 0 radical (unpaired) electrons. The van der Waals surface area contributed by atoms with Crippen LogP contribution in [0, 0.1) is 11.3 Å². The zero-order chi connectivity index (χ0) is 16.8. The van der Waals surface area contributed by atoms with Crippen LogP contribution in [0.4, 0.5) is 5.95 Å². The summed E-state index contributed by atoms with van der Waals surface area (Å²) in [6.07, 6.45) is 0. The molecule has 0 spiro atoms. The molecule has 2 aromatic carbocycles. The van der Waals surface area contributed by atoms with Gasteiger partial charge in [0.25, 0.3) is 0 Å². The van der Waals surface area contributed by atoms with E-state index in [0.717, 1.165) is 11.0 Å². The van der Waals surface area contributed by atoms with E-state index < -0.39 is 6.04 Å². The van der Waals surface area contributed by atoms with Crippen molar-refractivity contribution in [3.63, 3.8) is 0 Å². The first-order valence-electron chi connectivity index (χ1n) is 7.20. The number of hydrogen-bond donors (Lipinski definition) is 2. The number of anilines is 1. The van der Waals surface area contributed by atoms with E-state index in [1.807, 2.05) is 24.3 Å². The van der Waals surface area contributed by atoms with Crippen molar-refractivity contribution in [2.45, 2.75) is 6.04 Å². The van der Waals surface area contributed by atoms with E-state index in [1.54, 1.807) is 22.8 Å². The molecule has 1 unspecified atom stereocenters. The van der Waals surface area contributed by atoms with Crippen LogP contribution in [0.3, 0.4) is 0 Å². The van der Waals surface area contributed by atoms with Crippen LogP contribution >= 0.6 is 23.2 Å². The number of aromatic nitrogens is 2. The number of nitrogens with one attached hydrogen (secondary N) is 1. The topological polar surface area (TPSA) is 79.7 Å². The highest BCUT2D eigenvalue weighted by molar-refractivity contribution is 6.36. The summed E-state index contributed by atoms with van der Waals surface area (Å²) < 4.78 is 1.73. The third-order valence-corrected chi connectivity index (χ3v) is 4.71. The average molecular weight is 356 g/mol. The molecule has 0 aliphatic carbocycles. The predicted octanol–water partition coefficient (Wildman–Crippen LogP) is 4.16. The van der Waals surface area contributed by atoms with Crippen molar-refractivity contribution in [1.29, 1.82) is 5.26 Å². The molecule has 0 saturated carbocycles. The number of nitriles is 1. The van der Waals surface area contributed by atoms with Gasteiger partial charge in [-0.3, -0.25) is 4.57 Å². The lowest BCUT2D eigenvalue weighted by Crippen LogP contribution is -2.26. The van der Waals surface area contributed by atoms with Gasteiger partial charge in [0.15, 0.2) is 0 Å². The van der Waals surface area contributed by atoms with Gasteiger partial charge in [-0.25, -0.2) is 4.98 Å². The van der Waals surface area contributed by atoms with Gasteiger partial charge in [0, 0.05) is 15.6 Å². The van der Waals surface area contributed by atoms with Gasteiger partial charge in [-0.05, 0) is 24.3 Å². The molecule has 1 aromatic heterocycles. The third-order valence-electron chi connectivity index (χ3n) is 4.05. The van der Waals surface area contributed by atoms with Gasteiger partial charge in [0.1, 0.15) is 11.9 Å². The molecule has 1 atom stereocenters. The molecule has 0 saturated heterocycles. The van der Waals surface area contributed by atoms with Crippen molar-refractivity contribution in [3.05, 3.63) is 63.6 Å². The SMILES string of the molecule is N#CC1=C(N)n2c(nc3ccccc32)NC1c1c(Cl)cccc1Cl. The van der Waals surface area contributed by atoms with Crippen molar-refractivity contribution >= 4 is 46.0 Å². The Morgan fingerprint density at radius 2 is 1.83 bits per heavy atom. The Morgan fingerprint density at radius 3 is 2.54 bits per heavy atom. The largest absolute Gasteiger partial charge is 0.384 e. The Kier molecular flexibility index (Phi) is 3.38. The number of benzene rings is 2. The number of hydrogen-bond acceptors (Lipinski definition) is 4. The second-order valence-electron chi connectivity index (χ2n) is 5.38. The Morgan fingerprint density at radius 1 is 1.12 bits per heavy atom. The lowest BCUT2D eigenvalue weighted by molar-refractivity contribution is 0.857. The van der Waals surface area contributed by atoms with Crippen molar-refractivity contribution in [3.8, 4) is 6.07 Å². The summed E-state index contributed by atoms with van der Waals surface area (Å²) in [6.45, 7) is 0. The molecule has 1 aliphatic heterocycles. The maximum Gasteiger partial charge on any atom is 0.210 e. The van der Waals surface area contributed by atoms with Crippen LogP contribution in [0.1, 0.15) is 11.6 Å². The second-order valence-corrected chi connectivity index (χ2v) is 6.20. The molecular formula is C17H11Cl2N5. The normalized spacial score (nSPS) is 16.6. The summed E-state index contributed by atoms with van der Waals surface area (Å²) in [6, 6.07) is 14.4. The number of rotatable bonds is 1. The van der Waals surface area contributed by atoms with Crippen LogP contribution in [-0.2, 0) is 0 Å². The second kappa shape index (κ2) is 5.45. The number of nitrogens with two attached hydrogens (primary N) is 1. The van der Waals surface area contributed by atoms with Crippen LogP contribution < -0.4 is 11.1 Å². The molecule has 3 aromatic rings. The zero-order valence-electron chi connectivity index (χ0n) is 12.3. The Labute approximate surface area is 147 Å². The van der Waals surface area contributed by atoms with Crippen LogP contribution in [0.5, 0.6) is 0 Å². The molecular weight excluding hydrogens is 345 g/mol. The standard InChI is InChI=1S/C17H11Cl2N5/c18-10-4-3-5-11(19)14(10)15-9(8-20)16(21)24-13-7-2-1-6-12(13)22-17(24)23-15/h1-7,15H,21H2,(H,22,23). The van der Waals surface area contributed by atoms with Gasteiger partial charge >= 0.3 is 0 Å². The highest BCUT2D eigenvalue weighted by Crippen LogP contribution is 2.41. The smallest absolute Gasteiger partial charge is 0.210 e. The molecule has 0 bridgehead atoms. The van der Waals surface area contributed by atoms with Gasteiger partial charge in [-0.15, -0.1) is 0 Å². The minimum absolute atomic E-state index is 0.320. The van der Waals surface area contributed by atoms with Crippen LogP contribution in [-0.4, -0.2) is 9.55 Å². The van der Waals surface area contributed by atoms with Crippen molar-refractivity contribution < 1.29 is 0 Å². The molecule has 0 amide bonds. The molecule has 24 heavy (non-hydrogen) atoms. The Balaban J connectivity index is 1.98. The molecule has 4 rings (SSSR count). The minimum Gasteiger partial charge on any atom is -0.384 e. The fraction of sp³-hybridized carbons (Fsp3) is 0.0588. The molecule has 2 heterocycles. The monoisotopic (exact) mass is 355 g/mol. The molecule has 1 aliphatic rings. The summed E-state index contributed by atoms with van der Waals surface area (Å²) in [4.78, 5) is 4.55. The van der Waals surface area contributed by atoms with E-state index in [4.69, 9.17) is 28.9 Å². The van der Waals surface area contributed by atoms with Gasteiger partial charge in [0.05, 0.1) is 22.6 Å². The quantitative estimate of drug-likeness (QED) is 0.686. The molecule has 3 N–H and O–H groups in total. The average Bonchev–Trinajstić information content (AvgIpc) is 2.93. The number of para-hydroxylation sites is 2. The predicted molar refractivity (Wildman–Crippen MR) is 95.6 cm³/mol. The lowest BCUT2D eigenvalue weighted by atomic mass is 9.98. The van der Waals surface area contributed by atoms with Crippen LogP contribution in [0.2, 0.25) is 10.0 Å². The molecule has 118 valence electrons. The van der Waals surface area contributed by atoms with Gasteiger partial charge in [0.2, 0.25) is 5.95 Å². The minimum atomic E-state index is -0.555. The first-order chi connectivity index (χ1) is 11.6. The van der Waals surface area contributed by atoms with Crippen molar-refractivity contribution in [1.82, 2.24) is 9.55 Å². The third kappa shape index (κ3) is 2.04. The summed E-state index contributed by atoms with van der Waals surface area (Å²) in [7, 11) is 0. The van der Waals surface area contributed by atoms with E-state index >= 15 is 0 Å². The Bertz CT molecular complexity index is 1020. The number of imidazole rings is 1. The lowest BCUT2D eigenvalue weighted by Gasteiger charge is -2.27. The van der Waals surface area contributed by atoms with E-state index in [-0.39, 0.29) is 0 Å². The zero-order valence-corrected chi connectivity index (χ0v) is 13.8. The van der Waals surface area contributed by atoms with E-state index in [1.165, 1.54) is 0 Å². The molecule has 5 nitrogen and oxygen atoms in total. The molecule has 0 fully saturated rings. The highest BCUT2D eigenvalue weighted by atomic mass is 35.5.